The molecule has 0 radical (unpaired) electrons. The normalized spacial score (nSPS) is 15.7. The second kappa shape index (κ2) is 8.02. The number of rotatable bonds is 6. The predicted molar refractivity (Wildman–Crippen MR) is 104 cm³/mol. The molecule has 4 nitrogen and oxygen atoms in total. The number of hydrogen-bond acceptors (Lipinski definition) is 4. The van der Waals surface area contributed by atoms with Gasteiger partial charge in [-0.1, -0.05) is 60.7 Å². The average molecular weight is 352 g/mol. The Morgan fingerprint density at radius 2 is 1.54 bits per heavy atom. The van der Waals surface area contributed by atoms with Gasteiger partial charge < -0.3 is 10.1 Å². The monoisotopic (exact) mass is 352 g/mol. The molecule has 138 valence electrons. The molecule has 4 heteroatoms. The number of ether oxygens (including phenoxy) is 1. The highest BCUT2D eigenvalue weighted by Crippen LogP contribution is 2.32. The van der Waals surface area contributed by atoms with E-state index in [1.165, 1.54) is 11.1 Å². The van der Waals surface area contributed by atoms with Crippen molar-refractivity contribution in [3.8, 4) is 0 Å². The van der Waals surface area contributed by atoms with Crippen molar-refractivity contribution in [2.75, 3.05) is 19.6 Å². The van der Waals surface area contributed by atoms with Crippen LogP contribution in [0.1, 0.15) is 37.9 Å². The van der Waals surface area contributed by atoms with Crippen molar-refractivity contribution >= 4 is 5.97 Å². The molecule has 1 saturated heterocycles. The smallest absolute Gasteiger partial charge is 0.320 e. The summed E-state index contributed by atoms with van der Waals surface area (Å²) in [6.45, 7) is 7.76. The van der Waals surface area contributed by atoms with Gasteiger partial charge in [-0.2, -0.15) is 0 Å². The molecule has 26 heavy (non-hydrogen) atoms. The van der Waals surface area contributed by atoms with Gasteiger partial charge in [-0.15, -0.1) is 0 Å². The molecule has 1 N–H and O–H groups in total. The van der Waals surface area contributed by atoms with Gasteiger partial charge in [-0.3, -0.25) is 9.69 Å². The van der Waals surface area contributed by atoms with E-state index in [0.717, 1.165) is 13.1 Å². The van der Waals surface area contributed by atoms with Crippen LogP contribution in [-0.2, 0) is 9.53 Å². The largest absolute Gasteiger partial charge is 0.459 e. The maximum atomic E-state index is 11.9. The summed E-state index contributed by atoms with van der Waals surface area (Å²) in [5.74, 6) is -0.196. The third-order valence-electron chi connectivity index (χ3n) is 4.46. The van der Waals surface area contributed by atoms with Crippen LogP contribution in [0.25, 0.3) is 0 Å². The fourth-order valence-corrected chi connectivity index (χ4v) is 3.34. The third-order valence-corrected chi connectivity index (χ3v) is 4.46. The fourth-order valence-electron chi connectivity index (χ4n) is 3.34. The summed E-state index contributed by atoms with van der Waals surface area (Å²) in [7, 11) is 0. The first-order valence-corrected chi connectivity index (χ1v) is 9.21. The molecule has 1 fully saturated rings. The van der Waals surface area contributed by atoms with E-state index in [9.17, 15) is 4.79 Å². The molecule has 1 aliphatic heterocycles. The predicted octanol–water partition coefficient (Wildman–Crippen LogP) is 3.39. The van der Waals surface area contributed by atoms with Crippen LogP contribution in [0.4, 0.5) is 0 Å². The molecule has 0 atom stereocenters. The van der Waals surface area contributed by atoms with Crippen molar-refractivity contribution < 1.29 is 9.53 Å². The van der Waals surface area contributed by atoms with Gasteiger partial charge in [-0.05, 0) is 31.9 Å². The SMILES string of the molecule is CC(C)(C)OC(=O)CNC1CN(C(c2ccccc2)c2ccccc2)C1. The van der Waals surface area contributed by atoms with Crippen molar-refractivity contribution in [1.29, 1.82) is 0 Å². The molecule has 1 heterocycles. The lowest BCUT2D eigenvalue weighted by molar-refractivity contribution is -0.154. The van der Waals surface area contributed by atoms with Crippen LogP contribution >= 0.6 is 0 Å². The van der Waals surface area contributed by atoms with Crippen LogP contribution in [0, 0.1) is 0 Å². The van der Waals surface area contributed by atoms with Gasteiger partial charge >= 0.3 is 5.97 Å². The summed E-state index contributed by atoms with van der Waals surface area (Å²) < 4.78 is 5.35. The highest BCUT2D eigenvalue weighted by Gasteiger charge is 2.34. The molecule has 0 bridgehead atoms. The van der Waals surface area contributed by atoms with E-state index >= 15 is 0 Å². The number of likely N-dealkylation sites (tertiary alicyclic amines) is 1. The van der Waals surface area contributed by atoms with Crippen molar-refractivity contribution in [2.45, 2.75) is 38.5 Å². The Balaban J connectivity index is 1.59. The first kappa shape index (κ1) is 18.6. The topological polar surface area (TPSA) is 41.6 Å². The minimum Gasteiger partial charge on any atom is -0.459 e. The third kappa shape index (κ3) is 4.93. The van der Waals surface area contributed by atoms with E-state index in [0.29, 0.717) is 6.04 Å². The maximum absolute atomic E-state index is 11.9. The van der Waals surface area contributed by atoms with E-state index in [2.05, 4.69) is 58.7 Å². The van der Waals surface area contributed by atoms with Gasteiger partial charge in [-0.25, -0.2) is 0 Å². The van der Waals surface area contributed by atoms with E-state index in [1.54, 1.807) is 0 Å². The Morgan fingerprint density at radius 3 is 2.00 bits per heavy atom. The lowest BCUT2D eigenvalue weighted by atomic mass is 9.93. The number of benzene rings is 2. The van der Waals surface area contributed by atoms with Crippen LogP contribution in [0.15, 0.2) is 60.7 Å². The standard InChI is InChI=1S/C22H28N2O2/c1-22(2,3)26-20(25)14-23-19-15-24(16-19)21(17-10-6-4-7-11-17)18-12-8-5-9-13-18/h4-13,19,21,23H,14-16H2,1-3H3. The Morgan fingerprint density at radius 1 is 1.04 bits per heavy atom. The van der Waals surface area contributed by atoms with E-state index < -0.39 is 5.60 Å². The van der Waals surface area contributed by atoms with E-state index in [4.69, 9.17) is 4.74 Å². The first-order chi connectivity index (χ1) is 12.4. The van der Waals surface area contributed by atoms with Crippen molar-refractivity contribution in [2.24, 2.45) is 0 Å². The number of nitrogens with one attached hydrogen (secondary N) is 1. The van der Waals surface area contributed by atoms with Crippen LogP contribution in [0.2, 0.25) is 0 Å². The second-order valence-corrected chi connectivity index (χ2v) is 7.84. The lowest BCUT2D eigenvalue weighted by Crippen LogP contribution is -2.59. The first-order valence-electron chi connectivity index (χ1n) is 9.21. The van der Waals surface area contributed by atoms with Gasteiger partial charge in [0.2, 0.25) is 0 Å². The minimum atomic E-state index is -0.434. The van der Waals surface area contributed by atoms with Crippen molar-refractivity contribution in [3.05, 3.63) is 71.8 Å². The molecule has 2 aromatic carbocycles. The molecule has 1 aliphatic rings. The van der Waals surface area contributed by atoms with Crippen LogP contribution in [-0.4, -0.2) is 42.1 Å². The summed E-state index contributed by atoms with van der Waals surface area (Å²) in [4.78, 5) is 14.3. The quantitative estimate of drug-likeness (QED) is 0.809. The Kier molecular flexibility index (Phi) is 5.74. The van der Waals surface area contributed by atoms with Crippen molar-refractivity contribution in [3.63, 3.8) is 0 Å². The second-order valence-electron chi connectivity index (χ2n) is 7.84. The summed E-state index contributed by atoms with van der Waals surface area (Å²) in [6, 6.07) is 21.7. The lowest BCUT2D eigenvalue weighted by Gasteiger charge is -2.45. The molecule has 3 rings (SSSR count). The van der Waals surface area contributed by atoms with Gasteiger partial charge in [0, 0.05) is 19.1 Å². The Hall–Kier alpha value is -2.17. The average Bonchev–Trinajstić information content (AvgIpc) is 2.57. The molecule has 0 saturated carbocycles. The molecule has 0 spiro atoms. The number of esters is 1. The summed E-state index contributed by atoms with van der Waals surface area (Å²) in [5, 5.41) is 3.31. The highest BCUT2D eigenvalue weighted by molar-refractivity contribution is 5.72. The fraction of sp³-hybridized carbons (Fsp3) is 0.409. The summed E-state index contributed by atoms with van der Waals surface area (Å²) in [6.07, 6.45) is 0. The molecule has 0 unspecified atom stereocenters. The minimum absolute atomic E-state index is 0.196. The van der Waals surface area contributed by atoms with E-state index in [-0.39, 0.29) is 18.6 Å². The molecule has 0 aromatic heterocycles. The molecular weight excluding hydrogens is 324 g/mol. The van der Waals surface area contributed by atoms with Gasteiger partial charge in [0.15, 0.2) is 0 Å². The molecule has 0 amide bonds. The zero-order chi connectivity index (χ0) is 18.6. The Labute approximate surface area is 156 Å². The zero-order valence-electron chi connectivity index (χ0n) is 15.8. The van der Waals surface area contributed by atoms with Gasteiger partial charge in [0.25, 0.3) is 0 Å². The molecule has 2 aromatic rings. The Bertz CT molecular complexity index is 664. The molecule has 0 aliphatic carbocycles. The van der Waals surface area contributed by atoms with Gasteiger partial charge in [0.05, 0.1) is 12.6 Å². The van der Waals surface area contributed by atoms with Crippen LogP contribution in [0.5, 0.6) is 0 Å². The maximum Gasteiger partial charge on any atom is 0.320 e. The van der Waals surface area contributed by atoms with Crippen LogP contribution < -0.4 is 5.32 Å². The molecular formula is C22H28N2O2. The number of carbonyl (C=O) groups excluding carboxylic acids is 1. The highest BCUT2D eigenvalue weighted by atomic mass is 16.6. The van der Waals surface area contributed by atoms with Crippen LogP contribution in [0.3, 0.4) is 0 Å². The zero-order valence-corrected chi connectivity index (χ0v) is 15.8. The number of nitrogens with zero attached hydrogens (tertiary/aromatic N) is 1. The number of carbonyl (C=O) groups is 1. The number of hydrogen-bond donors (Lipinski definition) is 1. The van der Waals surface area contributed by atoms with Gasteiger partial charge in [0.1, 0.15) is 5.60 Å². The summed E-state index contributed by atoms with van der Waals surface area (Å²) in [5.41, 5.74) is 2.16. The van der Waals surface area contributed by atoms with Crippen molar-refractivity contribution in [1.82, 2.24) is 10.2 Å². The summed E-state index contributed by atoms with van der Waals surface area (Å²) >= 11 is 0. The van der Waals surface area contributed by atoms with E-state index in [1.807, 2.05) is 32.9 Å².